The van der Waals surface area contributed by atoms with Crippen LogP contribution in [0.25, 0.3) is 0 Å². The Morgan fingerprint density at radius 2 is 1.73 bits per heavy atom. The molecule has 2 atom stereocenters. The molecule has 3 aliphatic heterocycles. The molecule has 3 aliphatic rings. The topological polar surface area (TPSA) is 38.7 Å². The molecule has 2 unspecified atom stereocenters. The predicted molar refractivity (Wildman–Crippen MR) is 58.9 cm³/mol. The molecule has 4 heteroatoms. The highest BCUT2D eigenvalue weighted by molar-refractivity contribution is 8.00. The zero-order valence-electron chi connectivity index (χ0n) is 8.85. The second-order valence-corrected chi connectivity index (χ2v) is 6.57. The van der Waals surface area contributed by atoms with E-state index in [4.69, 9.17) is 9.47 Å². The molecule has 15 heavy (non-hydrogen) atoms. The summed E-state index contributed by atoms with van der Waals surface area (Å²) in [6.07, 6.45) is 4.93. The van der Waals surface area contributed by atoms with E-state index in [1.807, 2.05) is 0 Å². The molecular formula is C11H18O3S. The summed E-state index contributed by atoms with van der Waals surface area (Å²) in [4.78, 5) is 0. The lowest BCUT2D eigenvalue weighted by molar-refractivity contribution is -0.107. The maximum absolute atomic E-state index is 10.5. The van der Waals surface area contributed by atoms with Gasteiger partial charge in [0.25, 0.3) is 0 Å². The Bertz CT molecular complexity index is 228. The summed E-state index contributed by atoms with van der Waals surface area (Å²) in [6, 6.07) is 0. The van der Waals surface area contributed by atoms with Crippen molar-refractivity contribution in [2.45, 2.75) is 54.5 Å². The quantitative estimate of drug-likeness (QED) is 0.781. The molecule has 0 aromatic carbocycles. The Balaban J connectivity index is 1.63. The van der Waals surface area contributed by atoms with Gasteiger partial charge in [-0.1, -0.05) is 0 Å². The lowest BCUT2D eigenvalue weighted by Crippen LogP contribution is -2.40. The molecule has 86 valence electrons. The first-order valence-corrected chi connectivity index (χ1v) is 6.79. The van der Waals surface area contributed by atoms with E-state index in [-0.39, 0.29) is 6.29 Å². The van der Waals surface area contributed by atoms with Crippen LogP contribution in [-0.2, 0) is 9.47 Å². The molecule has 3 nitrogen and oxygen atoms in total. The summed E-state index contributed by atoms with van der Waals surface area (Å²) in [7, 11) is 0. The summed E-state index contributed by atoms with van der Waals surface area (Å²) in [5, 5.41) is 11.9. The van der Waals surface area contributed by atoms with Gasteiger partial charge in [-0.05, 0) is 25.7 Å². The van der Waals surface area contributed by atoms with E-state index in [0.717, 1.165) is 12.8 Å². The van der Waals surface area contributed by atoms with Gasteiger partial charge < -0.3 is 14.6 Å². The zero-order chi connectivity index (χ0) is 10.3. The fourth-order valence-electron chi connectivity index (χ4n) is 3.01. The SMILES string of the molecule is OC1(CC2OCCO2)CC2CCC(C1)S2. The summed E-state index contributed by atoms with van der Waals surface area (Å²) in [5.74, 6) is 0. The van der Waals surface area contributed by atoms with E-state index in [0.29, 0.717) is 30.1 Å². The number of thioether (sulfide) groups is 1. The van der Waals surface area contributed by atoms with Gasteiger partial charge in [-0.3, -0.25) is 0 Å². The van der Waals surface area contributed by atoms with Gasteiger partial charge in [0.2, 0.25) is 0 Å². The average molecular weight is 230 g/mol. The second kappa shape index (κ2) is 3.91. The smallest absolute Gasteiger partial charge is 0.160 e. The fourth-order valence-corrected chi connectivity index (χ4v) is 4.91. The van der Waals surface area contributed by atoms with Gasteiger partial charge >= 0.3 is 0 Å². The van der Waals surface area contributed by atoms with Crippen molar-refractivity contribution in [3.8, 4) is 0 Å². The van der Waals surface area contributed by atoms with Crippen LogP contribution in [0.4, 0.5) is 0 Å². The Morgan fingerprint density at radius 1 is 1.13 bits per heavy atom. The van der Waals surface area contributed by atoms with Gasteiger partial charge in [0.05, 0.1) is 18.8 Å². The molecule has 0 aliphatic carbocycles. The Hall–Kier alpha value is 0.230. The van der Waals surface area contributed by atoms with Crippen molar-refractivity contribution in [2.24, 2.45) is 0 Å². The standard InChI is InChI=1S/C11H18O3S/c12-11(7-10-13-3-4-14-10)5-8-1-2-9(6-11)15-8/h8-10,12H,1-7H2. The second-order valence-electron chi connectivity index (χ2n) is 4.97. The highest BCUT2D eigenvalue weighted by Crippen LogP contribution is 2.49. The van der Waals surface area contributed by atoms with Crippen LogP contribution in [0.15, 0.2) is 0 Å². The molecule has 3 rings (SSSR count). The van der Waals surface area contributed by atoms with Crippen LogP contribution in [0.5, 0.6) is 0 Å². The minimum absolute atomic E-state index is 0.155. The minimum atomic E-state index is -0.522. The number of hydrogen-bond acceptors (Lipinski definition) is 4. The zero-order valence-corrected chi connectivity index (χ0v) is 9.67. The van der Waals surface area contributed by atoms with Crippen LogP contribution in [0, 0.1) is 0 Å². The van der Waals surface area contributed by atoms with Gasteiger partial charge in [0.1, 0.15) is 0 Å². The highest BCUT2D eigenvalue weighted by Gasteiger charge is 2.45. The first kappa shape index (κ1) is 10.4. The van der Waals surface area contributed by atoms with E-state index in [9.17, 15) is 5.11 Å². The normalized spacial score (nSPS) is 46.2. The van der Waals surface area contributed by atoms with E-state index < -0.39 is 5.60 Å². The maximum atomic E-state index is 10.5. The number of ether oxygens (including phenoxy) is 2. The van der Waals surface area contributed by atoms with Crippen LogP contribution < -0.4 is 0 Å². The number of fused-ring (bicyclic) bond motifs is 2. The third-order valence-corrected chi connectivity index (χ3v) is 5.22. The molecule has 0 spiro atoms. The molecule has 0 radical (unpaired) electrons. The summed E-state index contributed by atoms with van der Waals surface area (Å²) in [6.45, 7) is 1.37. The highest BCUT2D eigenvalue weighted by atomic mass is 32.2. The van der Waals surface area contributed by atoms with E-state index in [1.165, 1.54) is 12.8 Å². The first-order chi connectivity index (χ1) is 7.23. The van der Waals surface area contributed by atoms with Gasteiger partial charge in [-0.25, -0.2) is 0 Å². The van der Waals surface area contributed by atoms with Gasteiger partial charge in [-0.15, -0.1) is 0 Å². The summed E-state index contributed by atoms with van der Waals surface area (Å²) < 4.78 is 10.8. The molecule has 0 aromatic heterocycles. The average Bonchev–Trinajstić information content (AvgIpc) is 2.76. The number of rotatable bonds is 2. The van der Waals surface area contributed by atoms with Gasteiger partial charge in [0.15, 0.2) is 6.29 Å². The first-order valence-electron chi connectivity index (χ1n) is 5.85. The minimum Gasteiger partial charge on any atom is -0.390 e. The summed E-state index contributed by atoms with van der Waals surface area (Å²) >= 11 is 2.07. The molecular weight excluding hydrogens is 212 g/mol. The molecule has 1 N–H and O–H groups in total. The van der Waals surface area contributed by atoms with Crippen LogP contribution >= 0.6 is 11.8 Å². The maximum Gasteiger partial charge on any atom is 0.160 e. The molecule has 0 aromatic rings. The van der Waals surface area contributed by atoms with Crippen molar-refractivity contribution >= 4 is 11.8 Å². The molecule has 2 bridgehead atoms. The van der Waals surface area contributed by atoms with E-state index in [2.05, 4.69) is 11.8 Å². The summed E-state index contributed by atoms with van der Waals surface area (Å²) in [5.41, 5.74) is -0.522. The van der Waals surface area contributed by atoms with E-state index >= 15 is 0 Å². The number of hydrogen-bond donors (Lipinski definition) is 1. The van der Waals surface area contributed by atoms with Crippen molar-refractivity contribution < 1.29 is 14.6 Å². The lowest BCUT2D eigenvalue weighted by atomic mass is 9.90. The third kappa shape index (κ3) is 2.18. The van der Waals surface area contributed by atoms with Crippen molar-refractivity contribution in [1.82, 2.24) is 0 Å². The largest absolute Gasteiger partial charge is 0.390 e. The molecule has 3 saturated heterocycles. The van der Waals surface area contributed by atoms with Crippen LogP contribution in [0.2, 0.25) is 0 Å². The van der Waals surface area contributed by atoms with Crippen molar-refractivity contribution in [3.05, 3.63) is 0 Å². The Morgan fingerprint density at radius 3 is 2.33 bits per heavy atom. The molecule has 3 fully saturated rings. The van der Waals surface area contributed by atoms with Gasteiger partial charge in [-0.2, -0.15) is 11.8 Å². The van der Waals surface area contributed by atoms with Crippen LogP contribution in [0.3, 0.4) is 0 Å². The molecule has 0 amide bonds. The van der Waals surface area contributed by atoms with Gasteiger partial charge in [0, 0.05) is 16.9 Å². The third-order valence-electron chi connectivity index (χ3n) is 3.65. The fraction of sp³-hybridized carbons (Fsp3) is 1.00. The van der Waals surface area contributed by atoms with E-state index in [1.54, 1.807) is 0 Å². The number of aliphatic hydroxyl groups is 1. The predicted octanol–water partition coefficient (Wildman–Crippen LogP) is 1.54. The molecule has 3 heterocycles. The van der Waals surface area contributed by atoms with Crippen molar-refractivity contribution in [3.63, 3.8) is 0 Å². The Kier molecular flexibility index (Phi) is 2.71. The molecule has 0 saturated carbocycles. The lowest BCUT2D eigenvalue weighted by Gasteiger charge is -2.37. The van der Waals surface area contributed by atoms with Crippen molar-refractivity contribution in [2.75, 3.05) is 13.2 Å². The monoisotopic (exact) mass is 230 g/mol. The van der Waals surface area contributed by atoms with Crippen LogP contribution in [-0.4, -0.2) is 40.7 Å². The van der Waals surface area contributed by atoms with Crippen molar-refractivity contribution in [1.29, 1.82) is 0 Å². The Labute approximate surface area is 94.5 Å². The van der Waals surface area contributed by atoms with Crippen LogP contribution in [0.1, 0.15) is 32.1 Å².